The Bertz CT molecular complexity index is 4090. The number of ether oxygens (including phenoxy) is 1. The number of anilines is 1. The van der Waals surface area contributed by atoms with E-state index >= 15 is 0 Å². The zero-order chi connectivity index (χ0) is 65.1. The number of carbonyl (C=O) groups excluding carboxylic acids is 2. The molecule has 8 rings (SSSR count). The molecule has 0 aromatic carbocycles. The van der Waals surface area contributed by atoms with E-state index in [9.17, 15) is 68.4 Å². The molecule has 11 N–H and O–H groups in total. The third kappa shape index (κ3) is 16.8. The summed E-state index contributed by atoms with van der Waals surface area (Å²) in [6.07, 6.45) is -3.36. The Kier molecular flexibility index (Phi) is 22.9. The number of thioether (sulfide) groups is 1. The molecule has 35 heteroatoms. The second kappa shape index (κ2) is 29.1. The van der Waals surface area contributed by atoms with E-state index < -0.39 is 97.1 Å². The third-order valence-corrected chi connectivity index (χ3v) is 18.9. The molecule has 0 spiro atoms. The summed E-state index contributed by atoms with van der Waals surface area (Å²) < 4.78 is 63.1. The number of allylic oxidation sites excluding steroid dienone is 4. The standard InChI is InChI=1S/C55H68N11O19P3S.Co/c1-9-31-27(3)35-19-36-29(5)33(11-13-45(68)69)41(64-36)22-42-34(30(6)38(65-42)21-40-32(10-2)28(4)37(63-40)20-39(31)62-35)12-14-46(70)89-18-17-57-44(67)15-16-58-53(73)50(72)55(7,8)24-82-88(79,80)85-87(77,78)81-23-43-49(84-86(74,75)76)48(71)54(83-43)66-26-61-47-51(56)59-25-60-52(47)66;/h9-10,19-22,25-26,43,48-50,54,71-72H,1-2,11-18,23-24H2,3-8H3,(H11,56,57,58,59,60,62,63,64,65,67,68,69,73,74,75,76,77,78,79,80);/p-2. The number of rotatable bonds is 27. The first-order chi connectivity index (χ1) is 41.8. The van der Waals surface area contributed by atoms with Crippen molar-refractivity contribution >= 4 is 132 Å². The molecule has 1 fully saturated rings. The van der Waals surface area contributed by atoms with Crippen LogP contribution in [0.25, 0.3) is 67.7 Å². The quantitative estimate of drug-likeness (QED) is 0.0118. The minimum atomic E-state index is -5.64. The molecule has 487 valence electrons. The zero-order valence-corrected chi connectivity index (χ0v) is 53.8. The van der Waals surface area contributed by atoms with E-state index in [2.05, 4.69) is 52.4 Å². The molecule has 30 nitrogen and oxygen atoms in total. The van der Waals surface area contributed by atoms with Gasteiger partial charge in [0.1, 0.15) is 18.3 Å². The number of carbonyl (C=O) groups is 2. The maximum absolute atomic E-state index is 13.4. The number of hydrogen-bond donors (Lipinski definition) is 10. The molecule has 0 aliphatic carbocycles. The number of aliphatic imine (C=N–C) groups is 2. The maximum atomic E-state index is 13.4. The van der Waals surface area contributed by atoms with Gasteiger partial charge in [-0.2, -0.15) is 9.29 Å². The minimum Gasteiger partial charge on any atom is -0.862 e. The van der Waals surface area contributed by atoms with Gasteiger partial charge < -0.3 is 80.3 Å². The Labute approximate surface area is 528 Å². The van der Waals surface area contributed by atoms with Crippen molar-refractivity contribution in [3.8, 4) is 0 Å². The molecule has 3 aliphatic rings. The smallest absolute Gasteiger partial charge is 0.481 e. The van der Waals surface area contributed by atoms with Crippen LogP contribution >= 0.6 is 35.2 Å². The summed E-state index contributed by atoms with van der Waals surface area (Å²) in [6.45, 7) is 15.7. The van der Waals surface area contributed by atoms with Crippen LogP contribution in [0.4, 0.5) is 5.82 Å². The van der Waals surface area contributed by atoms with E-state index in [0.29, 0.717) is 28.3 Å². The number of aliphatic hydroxyl groups excluding tert-OH is 2. The van der Waals surface area contributed by atoms with Crippen LogP contribution in [0.2, 0.25) is 0 Å². The number of nitrogens with two attached hydrogens (primary N) is 1. The monoisotopic (exact) mass is 1370 g/mol. The number of hydrogen-bond acceptors (Lipinski definition) is 23. The van der Waals surface area contributed by atoms with Crippen molar-refractivity contribution in [3.05, 3.63) is 95.1 Å². The average Bonchev–Trinajstić information content (AvgIpc) is 2.45. The van der Waals surface area contributed by atoms with E-state index in [0.717, 1.165) is 83.7 Å². The molecule has 0 amide bonds. The van der Waals surface area contributed by atoms with Gasteiger partial charge in [0.25, 0.3) is 0 Å². The molecule has 1 saturated heterocycles. The number of aromatic nitrogens is 8. The summed E-state index contributed by atoms with van der Waals surface area (Å²) in [5.41, 5.74) is 16.7. The summed E-state index contributed by atoms with van der Waals surface area (Å²) in [7, 11) is -16.6. The number of carboxylic acids is 1. The van der Waals surface area contributed by atoms with Gasteiger partial charge in [-0.25, -0.2) is 28.2 Å². The van der Waals surface area contributed by atoms with Gasteiger partial charge in [0.05, 0.1) is 42.1 Å². The van der Waals surface area contributed by atoms with Crippen LogP contribution in [0.1, 0.15) is 111 Å². The van der Waals surface area contributed by atoms with Crippen molar-refractivity contribution in [2.45, 2.75) is 104 Å². The number of aryl methyl sites for hydroxylation is 2. The first kappa shape index (κ1) is 71.1. The normalized spacial score (nSPS) is 19.2. The first-order valence-electron chi connectivity index (χ1n) is 27.4. The number of phosphoric acid groups is 3. The summed E-state index contributed by atoms with van der Waals surface area (Å²) in [4.78, 5) is 100. The molecule has 90 heavy (non-hydrogen) atoms. The van der Waals surface area contributed by atoms with Crippen molar-refractivity contribution in [2.24, 2.45) is 15.4 Å². The third-order valence-electron chi connectivity index (χ3n) is 14.9. The SMILES string of the molecule is C=Cc1c(C)c2cc3[nH]c(cc4nc(cc5nc(cc1[nH]2)C(C)=C5CCC(=O)SCCN=C([O-])CCN=C([O-])C(O)C(C)(C)COP(=O)(O)OP(=O)(O)OCC1OC([n+]2c[nH]c5c(N)ncnc52)C(O)C1OP(=O)(O)O)C(CCC(=O)[O-])=C4C)c(C)c3C=C.[Co]. The average molecular weight is 1370 g/mol. The fourth-order valence-electron chi connectivity index (χ4n) is 10.1. The molecule has 8 bridgehead atoms. The molecule has 3 aliphatic heterocycles. The molecule has 0 saturated carbocycles. The van der Waals surface area contributed by atoms with Crippen LogP contribution in [0.3, 0.4) is 0 Å². The van der Waals surface area contributed by atoms with Crippen molar-refractivity contribution in [1.29, 1.82) is 0 Å². The van der Waals surface area contributed by atoms with Gasteiger partial charge in [0.15, 0.2) is 23.6 Å². The van der Waals surface area contributed by atoms with E-state index in [1.54, 1.807) is 12.2 Å². The van der Waals surface area contributed by atoms with Crippen LogP contribution in [0.5, 0.6) is 0 Å². The van der Waals surface area contributed by atoms with Gasteiger partial charge in [-0.1, -0.05) is 55.9 Å². The van der Waals surface area contributed by atoms with Gasteiger partial charge in [0.2, 0.25) is 11.7 Å². The Balaban J connectivity index is 0.0000115. The Hall–Kier alpha value is -6.38. The largest absolute Gasteiger partial charge is 0.862 e. The molecule has 5 aromatic heterocycles. The second-order valence-electron chi connectivity index (χ2n) is 21.5. The van der Waals surface area contributed by atoms with Crippen LogP contribution in [-0.4, -0.2) is 144 Å². The van der Waals surface area contributed by atoms with Crippen LogP contribution in [0.15, 0.2) is 60.1 Å². The van der Waals surface area contributed by atoms with Crippen molar-refractivity contribution in [2.75, 3.05) is 37.8 Å². The Morgan fingerprint density at radius 1 is 0.833 bits per heavy atom. The number of aliphatic carboxylic acids is 1. The second-order valence-corrected chi connectivity index (χ2v) is 26.9. The van der Waals surface area contributed by atoms with Gasteiger partial charge in [-0.05, 0) is 123 Å². The molecule has 7 atom stereocenters. The predicted molar refractivity (Wildman–Crippen MR) is 324 cm³/mol. The summed E-state index contributed by atoms with van der Waals surface area (Å²) in [5, 5.41) is 58.9. The topological polar surface area (TPSA) is 476 Å². The zero-order valence-electron chi connectivity index (χ0n) is 49.3. The maximum Gasteiger partial charge on any atom is 0.481 e. The van der Waals surface area contributed by atoms with E-state index in [1.165, 1.54) is 20.2 Å². The predicted octanol–water partition coefficient (Wildman–Crippen LogP) is 3.77. The number of nitrogens with zero attached hydrogens (tertiary/aromatic N) is 7. The van der Waals surface area contributed by atoms with Gasteiger partial charge in [-0.15, -0.1) is 0 Å². The fourth-order valence-corrected chi connectivity index (χ4v) is 13.6. The van der Waals surface area contributed by atoms with Crippen LogP contribution in [0, 0.1) is 19.3 Å². The number of aromatic amines is 3. The summed E-state index contributed by atoms with van der Waals surface area (Å²) >= 11 is 0.968. The Morgan fingerprint density at radius 2 is 1.41 bits per heavy atom. The first-order valence-corrected chi connectivity index (χ1v) is 32.9. The summed E-state index contributed by atoms with van der Waals surface area (Å²) in [5.74, 6) is -2.90. The number of phosphoric ester groups is 3. The molecule has 5 aromatic rings. The summed E-state index contributed by atoms with van der Waals surface area (Å²) in [6, 6.07) is 7.67. The van der Waals surface area contributed by atoms with Crippen molar-refractivity contribution in [3.63, 3.8) is 0 Å². The fraction of sp³-hybridized carbons (Fsp3) is 0.400. The van der Waals surface area contributed by atoms with E-state index in [4.69, 9.17) is 34.0 Å². The number of nitrogens with one attached hydrogen (secondary N) is 3. The van der Waals surface area contributed by atoms with Gasteiger partial charge in [0, 0.05) is 86.6 Å². The number of carboxylic acid groups (broad SMARTS) is 1. The number of imidazole rings is 1. The molecule has 1 radical (unpaired) electrons. The number of aliphatic hydroxyl groups is 2. The van der Waals surface area contributed by atoms with Gasteiger partial charge >= 0.3 is 29.1 Å². The van der Waals surface area contributed by atoms with Crippen LogP contribution in [-0.2, 0) is 62.7 Å². The molecule has 7 unspecified atom stereocenters. The minimum absolute atomic E-state index is 0. The molecular weight excluding hydrogens is 1300 g/mol. The van der Waals surface area contributed by atoms with Crippen LogP contribution < -0.4 is 25.6 Å². The number of H-pyrrole nitrogens is 3. The molecule has 8 heterocycles. The number of nitrogen functional groups attached to an aromatic ring is 1. The van der Waals surface area contributed by atoms with Crippen molar-refractivity contribution < 1.29 is 112 Å². The van der Waals surface area contributed by atoms with E-state index in [-0.39, 0.29) is 83.3 Å². The Morgan fingerprint density at radius 3 is 2.01 bits per heavy atom. The molecular formula is C55H66CoN11O19P3S-2. The van der Waals surface area contributed by atoms with Gasteiger partial charge in [-0.3, -0.25) is 23.3 Å². The number of fused-ring (bicyclic) bond motifs is 9. The van der Waals surface area contributed by atoms with Crippen molar-refractivity contribution in [1.82, 2.24) is 34.9 Å². The van der Waals surface area contributed by atoms with E-state index in [1.807, 2.05) is 52.0 Å².